The minimum absolute atomic E-state index is 0.0352. The normalized spacial score (nSPS) is 20.2. The summed E-state index contributed by atoms with van der Waals surface area (Å²) in [6.45, 7) is 3.35. The molecule has 3 rings (SSSR count). The Labute approximate surface area is 199 Å². The molecule has 9 heteroatoms. The highest BCUT2D eigenvalue weighted by atomic mass is 16.6. The lowest BCUT2D eigenvalue weighted by Crippen LogP contribution is -2.31. The first-order chi connectivity index (χ1) is 16.4. The number of hydrogen-bond acceptors (Lipinski definition) is 9. The van der Waals surface area contributed by atoms with Crippen molar-refractivity contribution in [2.45, 2.75) is 50.9 Å². The van der Waals surface area contributed by atoms with Crippen LogP contribution in [-0.4, -0.2) is 66.2 Å². The van der Waals surface area contributed by atoms with E-state index in [0.717, 1.165) is 17.7 Å². The lowest BCUT2D eigenvalue weighted by Gasteiger charge is -2.34. The van der Waals surface area contributed by atoms with E-state index in [4.69, 9.17) is 24.1 Å². The monoisotopic (exact) mass is 477 g/mol. The lowest BCUT2D eigenvalue weighted by atomic mass is 9.93. The number of phenols is 2. The highest BCUT2D eigenvalue weighted by molar-refractivity contribution is 5.53. The first-order valence-electron chi connectivity index (χ1n) is 11.6. The van der Waals surface area contributed by atoms with Crippen molar-refractivity contribution in [3.63, 3.8) is 0 Å². The maximum Gasteiger partial charge on any atom is 0.200 e. The molecule has 0 aromatic heterocycles. The molecule has 2 aromatic rings. The van der Waals surface area contributed by atoms with Crippen LogP contribution in [0, 0.1) is 0 Å². The molecule has 1 saturated heterocycles. The minimum Gasteiger partial charge on any atom is -0.504 e. The van der Waals surface area contributed by atoms with Gasteiger partial charge in [-0.15, -0.1) is 0 Å². The van der Waals surface area contributed by atoms with Crippen molar-refractivity contribution in [1.29, 1.82) is 0 Å². The molecule has 0 saturated carbocycles. The van der Waals surface area contributed by atoms with Crippen LogP contribution in [0.4, 0.5) is 0 Å². The quantitative estimate of drug-likeness (QED) is 0.231. The summed E-state index contributed by atoms with van der Waals surface area (Å²) < 4.78 is 22.4. The van der Waals surface area contributed by atoms with Gasteiger partial charge in [0.25, 0.3) is 0 Å². The summed E-state index contributed by atoms with van der Waals surface area (Å²) in [6.07, 6.45) is 1.12. The second-order valence-electron chi connectivity index (χ2n) is 8.26. The molecule has 3 atom stereocenters. The van der Waals surface area contributed by atoms with E-state index in [1.807, 2.05) is 6.92 Å². The van der Waals surface area contributed by atoms with Gasteiger partial charge in [-0.3, -0.25) is 0 Å². The van der Waals surface area contributed by atoms with E-state index in [0.29, 0.717) is 44.6 Å². The van der Waals surface area contributed by atoms with E-state index in [1.165, 1.54) is 13.2 Å². The molecule has 1 fully saturated rings. The Kier molecular flexibility index (Phi) is 9.64. The largest absolute Gasteiger partial charge is 0.504 e. The van der Waals surface area contributed by atoms with Gasteiger partial charge in [-0.1, -0.05) is 13.0 Å². The van der Waals surface area contributed by atoms with Gasteiger partial charge < -0.3 is 44.7 Å². The molecular formula is C25H35NO8. The van der Waals surface area contributed by atoms with Crippen molar-refractivity contribution in [3.05, 3.63) is 41.5 Å². The number of aromatic hydroxyl groups is 2. The highest BCUT2D eigenvalue weighted by Gasteiger charge is 2.30. The molecule has 34 heavy (non-hydrogen) atoms. The second kappa shape index (κ2) is 12.7. The van der Waals surface area contributed by atoms with E-state index >= 15 is 0 Å². The molecule has 0 spiro atoms. The van der Waals surface area contributed by atoms with Crippen molar-refractivity contribution in [1.82, 2.24) is 5.32 Å². The number of phenolic OH excluding ortho intramolecular Hbond substituents is 2. The summed E-state index contributed by atoms with van der Waals surface area (Å²) in [4.78, 5) is 0. The molecule has 188 valence electrons. The molecule has 0 aliphatic carbocycles. The zero-order chi connectivity index (χ0) is 24.5. The van der Waals surface area contributed by atoms with E-state index in [-0.39, 0.29) is 35.2 Å². The Morgan fingerprint density at radius 2 is 1.85 bits per heavy atom. The number of nitrogens with one attached hydrogen (secondary N) is 1. The highest BCUT2D eigenvalue weighted by Crippen LogP contribution is 2.42. The second-order valence-corrected chi connectivity index (χ2v) is 8.26. The molecule has 2 aromatic carbocycles. The Balaban J connectivity index is 1.69. The van der Waals surface area contributed by atoms with Crippen LogP contribution >= 0.6 is 0 Å². The number of aliphatic hydroxyl groups excluding tert-OH is 2. The van der Waals surface area contributed by atoms with Crippen LogP contribution in [0.25, 0.3) is 0 Å². The molecule has 3 unspecified atom stereocenters. The van der Waals surface area contributed by atoms with Gasteiger partial charge in [0.2, 0.25) is 5.75 Å². The van der Waals surface area contributed by atoms with Crippen molar-refractivity contribution in [2.24, 2.45) is 0 Å². The Hall–Kier alpha value is -2.72. The smallest absolute Gasteiger partial charge is 0.200 e. The third kappa shape index (κ3) is 6.89. The summed E-state index contributed by atoms with van der Waals surface area (Å²) >= 11 is 0. The Morgan fingerprint density at radius 3 is 2.59 bits per heavy atom. The van der Waals surface area contributed by atoms with E-state index in [1.54, 1.807) is 24.3 Å². The molecule has 9 nitrogen and oxygen atoms in total. The van der Waals surface area contributed by atoms with E-state index in [2.05, 4.69) is 5.32 Å². The van der Waals surface area contributed by atoms with Gasteiger partial charge >= 0.3 is 0 Å². The van der Waals surface area contributed by atoms with E-state index in [9.17, 15) is 15.3 Å². The zero-order valence-electron chi connectivity index (χ0n) is 19.7. The third-order valence-electron chi connectivity index (χ3n) is 5.82. The number of aliphatic hydroxyl groups is 2. The Bertz CT molecular complexity index is 922. The average Bonchev–Trinajstić information content (AvgIpc) is 2.83. The summed E-state index contributed by atoms with van der Waals surface area (Å²) in [6, 6.07) is 8.45. The lowest BCUT2D eigenvalue weighted by molar-refractivity contribution is -0.0999. The maximum absolute atomic E-state index is 10.5. The van der Waals surface area contributed by atoms with Crippen LogP contribution in [0.1, 0.15) is 43.4 Å². The molecule has 5 N–H and O–H groups in total. The van der Waals surface area contributed by atoms with Gasteiger partial charge in [0.05, 0.1) is 25.4 Å². The summed E-state index contributed by atoms with van der Waals surface area (Å²) in [7, 11) is 1.48. The first kappa shape index (κ1) is 25.9. The summed E-state index contributed by atoms with van der Waals surface area (Å²) in [5.74, 6) is 0.723. The fraction of sp³-hybridized carbons (Fsp3) is 0.520. The summed E-state index contributed by atoms with van der Waals surface area (Å²) in [5.41, 5.74) is 1.68. The summed E-state index contributed by atoms with van der Waals surface area (Å²) in [5, 5.41) is 42.9. The zero-order valence-corrected chi connectivity index (χ0v) is 19.7. The van der Waals surface area contributed by atoms with Crippen LogP contribution in [0.2, 0.25) is 0 Å². The maximum atomic E-state index is 10.5. The standard InChI is InChI=1S/C25H35NO8/c1-3-26-8-9-32-24-12-17(11-23(31-2)25(24)30)21-14-18(28)13-19(34-21)6-4-16-5-7-20(29)22(10-16)33-15-27/h5,7,10-12,18-19,21,26-30H,3-4,6,8-9,13-15H2,1-2H3. The average molecular weight is 478 g/mol. The van der Waals surface area contributed by atoms with Gasteiger partial charge in [0.15, 0.2) is 29.8 Å². The Morgan fingerprint density at radius 1 is 1.06 bits per heavy atom. The molecule has 0 radical (unpaired) electrons. The van der Waals surface area contributed by atoms with Gasteiger partial charge in [0, 0.05) is 13.0 Å². The van der Waals surface area contributed by atoms with Gasteiger partial charge in [-0.25, -0.2) is 0 Å². The van der Waals surface area contributed by atoms with Crippen molar-refractivity contribution in [2.75, 3.05) is 33.6 Å². The number of ether oxygens (including phenoxy) is 4. The molecule has 1 heterocycles. The number of benzene rings is 2. The third-order valence-corrected chi connectivity index (χ3v) is 5.82. The predicted octanol–water partition coefficient (Wildman–Crippen LogP) is 2.64. The first-order valence-corrected chi connectivity index (χ1v) is 11.6. The number of rotatable bonds is 12. The van der Waals surface area contributed by atoms with Crippen LogP contribution in [-0.2, 0) is 11.2 Å². The topological polar surface area (TPSA) is 130 Å². The van der Waals surface area contributed by atoms with Crippen LogP contribution in [0.3, 0.4) is 0 Å². The van der Waals surface area contributed by atoms with E-state index < -0.39 is 12.9 Å². The van der Waals surface area contributed by atoms with Crippen LogP contribution in [0.15, 0.2) is 30.3 Å². The van der Waals surface area contributed by atoms with Crippen molar-refractivity contribution < 1.29 is 39.4 Å². The fourth-order valence-electron chi connectivity index (χ4n) is 4.08. The fourth-order valence-corrected chi connectivity index (χ4v) is 4.08. The van der Waals surface area contributed by atoms with Gasteiger partial charge in [0.1, 0.15) is 6.61 Å². The molecule has 1 aliphatic rings. The number of likely N-dealkylation sites (N-methyl/N-ethyl adjacent to an activating group) is 1. The number of hydrogen-bond donors (Lipinski definition) is 5. The number of aryl methyl sites for hydroxylation is 1. The van der Waals surface area contributed by atoms with Crippen molar-refractivity contribution in [3.8, 4) is 28.7 Å². The molecular weight excluding hydrogens is 442 g/mol. The minimum atomic E-state index is -0.533. The molecule has 1 aliphatic heterocycles. The van der Waals surface area contributed by atoms with Gasteiger partial charge in [-0.05, 0) is 61.2 Å². The SMILES string of the molecule is CCNCCOc1cc(C2CC(O)CC(CCc3ccc(O)c(OCO)c3)O2)cc(OC)c1O. The van der Waals surface area contributed by atoms with Crippen molar-refractivity contribution >= 4 is 0 Å². The van der Waals surface area contributed by atoms with Crippen LogP contribution in [0.5, 0.6) is 28.7 Å². The number of methoxy groups -OCH3 is 1. The predicted molar refractivity (Wildman–Crippen MR) is 126 cm³/mol. The van der Waals surface area contributed by atoms with Crippen LogP contribution < -0.4 is 19.5 Å². The molecule has 0 bridgehead atoms. The molecule has 0 amide bonds. The van der Waals surface area contributed by atoms with Gasteiger partial charge in [-0.2, -0.15) is 0 Å².